The van der Waals surface area contributed by atoms with E-state index in [0.717, 1.165) is 23.5 Å². The largest absolute Gasteiger partial charge is 0.497 e. The van der Waals surface area contributed by atoms with Gasteiger partial charge in [-0.2, -0.15) is 0 Å². The Morgan fingerprint density at radius 3 is 2.76 bits per heavy atom. The lowest BCUT2D eigenvalue weighted by molar-refractivity contribution is -0.137. The molecule has 0 radical (unpaired) electrons. The molecule has 4 nitrogen and oxygen atoms in total. The zero-order valence-electron chi connectivity index (χ0n) is 9.97. The van der Waals surface area contributed by atoms with Gasteiger partial charge >= 0.3 is 5.97 Å². The summed E-state index contributed by atoms with van der Waals surface area (Å²) in [4.78, 5) is 10.6. The van der Waals surface area contributed by atoms with Gasteiger partial charge in [0.05, 0.1) is 14.2 Å². The molecule has 2 rings (SSSR count). The number of benzene rings is 1. The minimum Gasteiger partial charge on any atom is -0.497 e. The summed E-state index contributed by atoms with van der Waals surface area (Å²) in [6, 6.07) is 5.65. The van der Waals surface area contributed by atoms with Crippen LogP contribution in [-0.2, 0) is 4.79 Å². The number of hydrogen-bond acceptors (Lipinski definition) is 3. The van der Waals surface area contributed by atoms with Crippen LogP contribution >= 0.6 is 0 Å². The lowest BCUT2D eigenvalue weighted by Crippen LogP contribution is -1.98. The number of rotatable bonds is 5. The van der Waals surface area contributed by atoms with Crippen LogP contribution in [0.2, 0.25) is 0 Å². The normalized spacial score (nSPS) is 22.0. The van der Waals surface area contributed by atoms with Crippen molar-refractivity contribution in [3.8, 4) is 11.5 Å². The van der Waals surface area contributed by atoms with Crippen LogP contribution in [0.1, 0.15) is 24.3 Å². The van der Waals surface area contributed by atoms with Gasteiger partial charge in [-0.1, -0.05) is 0 Å². The van der Waals surface area contributed by atoms with Crippen LogP contribution < -0.4 is 9.47 Å². The van der Waals surface area contributed by atoms with E-state index in [-0.39, 0.29) is 18.3 Å². The van der Waals surface area contributed by atoms with Crippen LogP contribution in [0.15, 0.2) is 18.2 Å². The molecule has 2 unspecified atom stereocenters. The third-order valence-corrected chi connectivity index (χ3v) is 3.20. The molecule has 0 amide bonds. The molecule has 2 atom stereocenters. The minimum atomic E-state index is -0.737. The summed E-state index contributed by atoms with van der Waals surface area (Å²) in [5.74, 6) is 1.37. The van der Waals surface area contributed by atoms with E-state index < -0.39 is 5.97 Å². The van der Waals surface area contributed by atoms with Crippen molar-refractivity contribution >= 4 is 5.97 Å². The molecule has 4 heteroatoms. The molecule has 0 spiro atoms. The van der Waals surface area contributed by atoms with E-state index in [1.54, 1.807) is 14.2 Å². The molecule has 0 saturated heterocycles. The van der Waals surface area contributed by atoms with Gasteiger partial charge in [0.2, 0.25) is 0 Å². The number of methoxy groups -OCH3 is 2. The van der Waals surface area contributed by atoms with Crippen molar-refractivity contribution in [2.45, 2.75) is 18.8 Å². The first-order chi connectivity index (χ1) is 8.15. The van der Waals surface area contributed by atoms with Crippen molar-refractivity contribution in [3.05, 3.63) is 23.8 Å². The highest BCUT2D eigenvalue weighted by Gasteiger charge is 2.41. The molecule has 17 heavy (non-hydrogen) atoms. The molecule has 0 heterocycles. The Kier molecular flexibility index (Phi) is 3.22. The molecule has 1 aliphatic carbocycles. The number of carboxylic acid groups (broad SMARTS) is 1. The summed E-state index contributed by atoms with van der Waals surface area (Å²) in [5.41, 5.74) is 1.05. The van der Waals surface area contributed by atoms with E-state index in [4.69, 9.17) is 14.6 Å². The Labute approximate surface area is 100 Å². The molecular weight excluding hydrogens is 220 g/mol. The van der Waals surface area contributed by atoms with Crippen molar-refractivity contribution in [3.63, 3.8) is 0 Å². The van der Waals surface area contributed by atoms with Crippen LogP contribution in [-0.4, -0.2) is 25.3 Å². The molecule has 1 aromatic carbocycles. The van der Waals surface area contributed by atoms with Crippen LogP contribution in [0.3, 0.4) is 0 Å². The predicted molar refractivity (Wildman–Crippen MR) is 62.6 cm³/mol. The first-order valence-corrected chi connectivity index (χ1v) is 5.59. The molecule has 92 valence electrons. The van der Waals surface area contributed by atoms with E-state index in [2.05, 4.69) is 0 Å². The molecular formula is C13H16O4. The lowest BCUT2D eigenvalue weighted by Gasteiger charge is -2.10. The van der Waals surface area contributed by atoms with Gasteiger partial charge in [-0.05, 0) is 36.5 Å². The molecule has 1 aromatic rings. The fourth-order valence-corrected chi connectivity index (χ4v) is 2.21. The average Bonchev–Trinajstić information content (AvgIpc) is 3.06. The molecule has 0 aromatic heterocycles. The summed E-state index contributed by atoms with van der Waals surface area (Å²) in [7, 11) is 3.24. The van der Waals surface area contributed by atoms with E-state index in [0.29, 0.717) is 0 Å². The van der Waals surface area contributed by atoms with Crippen molar-refractivity contribution < 1.29 is 19.4 Å². The fraction of sp³-hybridized carbons (Fsp3) is 0.462. The summed E-state index contributed by atoms with van der Waals surface area (Å²) in [6.45, 7) is 0. The van der Waals surface area contributed by atoms with E-state index in [1.165, 1.54) is 0 Å². The SMILES string of the molecule is COc1ccc(OC)c(C2CC2CC(=O)O)c1. The Morgan fingerprint density at radius 2 is 2.18 bits per heavy atom. The summed E-state index contributed by atoms with van der Waals surface area (Å²) in [6.07, 6.45) is 1.14. The molecule has 1 aliphatic rings. The van der Waals surface area contributed by atoms with Crippen molar-refractivity contribution in [1.29, 1.82) is 0 Å². The molecule has 1 saturated carbocycles. The zero-order chi connectivity index (χ0) is 12.4. The van der Waals surface area contributed by atoms with Crippen molar-refractivity contribution in [1.82, 2.24) is 0 Å². The number of ether oxygens (including phenoxy) is 2. The van der Waals surface area contributed by atoms with Crippen LogP contribution in [0, 0.1) is 5.92 Å². The van der Waals surface area contributed by atoms with E-state index in [1.807, 2.05) is 18.2 Å². The van der Waals surface area contributed by atoms with Crippen molar-refractivity contribution in [2.24, 2.45) is 5.92 Å². The predicted octanol–water partition coefficient (Wildman–Crippen LogP) is 2.28. The highest BCUT2D eigenvalue weighted by atomic mass is 16.5. The summed E-state index contributed by atoms with van der Waals surface area (Å²) >= 11 is 0. The fourth-order valence-electron chi connectivity index (χ4n) is 2.21. The maximum Gasteiger partial charge on any atom is 0.303 e. The second-order valence-electron chi connectivity index (χ2n) is 4.31. The number of aliphatic carboxylic acids is 1. The van der Waals surface area contributed by atoms with E-state index >= 15 is 0 Å². The van der Waals surface area contributed by atoms with Gasteiger partial charge in [0.1, 0.15) is 11.5 Å². The number of carboxylic acids is 1. The summed E-state index contributed by atoms with van der Waals surface area (Å²) in [5, 5.41) is 8.76. The Balaban J connectivity index is 2.17. The monoisotopic (exact) mass is 236 g/mol. The smallest absolute Gasteiger partial charge is 0.303 e. The Morgan fingerprint density at radius 1 is 1.41 bits per heavy atom. The third-order valence-electron chi connectivity index (χ3n) is 3.20. The second kappa shape index (κ2) is 4.65. The molecule has 1 N–H and O–H groups in total. The maximum atomic E-state index is 10.6. The quantitative estimate of drug-likeness (QED) is 0.852. The van der Waals surface area contributed by atoms with Gasteiger partial charge < -0.3 is 14.6 Å². The molecule has 0 aliphatic heterocycles. The minimum absolute atomic E-state index is 0.227. The second-order valence-corrected chi connectivity index (χ2v) is 4.31. The lowest BCUT2D eigenvalue weighted by atomic mass is 10.1. The first kappa shape index (κ1) is 11.8. The highest BCUT2D eigenvalue weighted by molar-refractivity contribution is 5.68. The van der Waals surface area contributed by atoms with Crippen LogP contribution in [0.4, 0.5) is 0 Å². The first-order valence-electron chi connectivity index (χ1n) is 5.59. The topological polar surface area (TPSA) is 55.8 Å². The third kappa shape index (κ3) is 2.52. The van der Waals surface area contributed by atoms with Gasteiger partial charge in [-0.3, -0.25) is 4.79 Å². The number of hydrogen-bond donors (Lipinski definition) is 1. The molecule has 1 fully saturated rings. The highest BCUT2D eigenvalue weighted by Crippen LogP contribution is 2.52. The Hall–Kier alpha value is -1.71. The van der Waals surface area contributed by atoms with Gasteiger partial charge in [0, 0.05) is 12.0 Å². The van der Waals surface area contributed by atoms with Gasteiger partial charge in [0.25, 0.3) is 0 Å². The summed E-state index contributed by atoms with van der Waals surface area (Å²) < 4.78 is 10.5. The standard InChI is InChI=1S/C13H16O4/c1-16-9-3-4-12(17-2)11(7-9)10-5-8(10)6-13(14)15/h3-4,7-8,10H,5-6H2,1-2H3,(H,14,15). The van der Waals surface area contributed by atoms with Crippen LogP contribution in [0.25, 0.3) is 0 Å². The van der Waals surface area contributed by atoms with Crippen molar-refractivity contribution in [2.75, 3.05) is 14.2 Å². The zero-order valence-corrected chi connectivity index (χ0v) is 9.97. The van der Waals surface area contributed by atoms with Gasteiger partial charge in [-0.15, -0.1) is 0 Å². The maximum absolute atomic E-state index is 10.6. The average molecular weight is 236 g/mol. The molecule has 0 bridgehead atoms. The Bertz CT molecular complexity index is 427. The number of carbonyl (C=O) groups is 1. The van der Waals surface area contributed by atoms with Gasteiger partial charge in [0.15, 0.2) is 0 Å². The van der Waals surface area contributed by atoms with Crippen LogP contribution in [0.5, 0.6) is 11.5 Å². The van der Waals surface area contributed by atoms with E-state index in [9.17, 15) is 4.79 Å². The van der Waals surface area contributed by atoms with Gasteiger partial charge in [-0.25, -0.2) is 0 Å².